The van der Waals surface area contributed by atoms with Crippen molar-refractivity contribution in [3.63, 3.8) is 0 Å². The number of aromatic amines is 1. The normalized spacial score (nSPS) is 10.9. The molecule has 0 unspecified atom stereocenters. The summed E-state index contributed by atoms with van der Waals surface area (Å²) in [5, 5.41) is 8.12. The Bertz CT molecular complexity index is 1110. The Morgan fingerprint density at radius 3 is 2.68 bits per heavy atom. The van der Waals surface area contributed by atoms with Gasteiger partial charge in [0.1, 0.15) is 18.1 Å². The maximum atomic E-state index is 12.9. The lowest BCUT2D eigenvalue weighted by Crippen LogP contribution is -2.18. The van der Waals surface area contributed by atoms with Crippen molar-refractivity contribution in [2.45, 2.75) is 20.4 Å². The zero-order valence-corrected chi connectivity index (χ0v) is 18.8. The number of rotatable bonds is 8. The molecule has 0 aliphatic heterocycles. The summed E-state index contributed by atoms with van der Waals surface area (Å²) in [4.78, 5) is 28.2. The van der Waals surface area contributed by atoms with Gasteiger partial charge >= 0.3 is 5.97 Å². The van der Waals surface area contributed by atoms with Crippen molar-refractivity contribution in [2.24, 2.45) is 0 Å². The van der Waals surface area contributed by atoms with Gasteiger partial charge in [-0.15, -0.1) is 0 Å². The van der Waals surface area contributed by atoms with Gasteiger partial charge in [-0.3, -0.25) is 4.79 Å². The largest absolute Gasteiger partial charge is 0.460 e. The van der Waals surface area contributed by atoms with Crippen LogP contribution in [0.5, 0.6) is 0 Å². The van der Waals surface area contributed by atoms with Crippen LogP contribution in [0.3, 0.4) is 0 Å². The zero-order valence-electron chi connectivity index (χ0n) is 17.3. The van der Waals surface area contributed by atoms with Crippen molar-refractivity contribution in [1.82, 2.24) is 14.8 Å². The lowest BCUT2D eigenvalue weighted by molar-refractivity contribution is 0.0387. The van der Waals surface area contributed by atoms with Crippen LogP contribution in [0, 0.1) is 13.8 Å². The third-order valence-corrected chi connectivity index (χ3v) is 5.27. The number of carbonyl (C=O) groups excluding carboxylic acids is 2. The number of nitrogens with zero attached hydrogens (tertiary/aromatic N) is 2. The second-order valence-corrected chi connectivity index (χ2v) is 7.66. The second kappa shape index (κ2) is 10.00. The highest BCUT2D eigenvalue weighted by atomic mass is 35.5. The molecule has 0 spiro atoms. The van der Waals surface area contributed by atoms with Gasteiger partial charge in [0.2, 0.25) is 0 Å². The van der Waals surface area contributed by atoms with Crippen LogP contribution in [0.25, 0.3) is 0 Å². The number of benzene rings is 1. The summed E-state index contributed by atoms with van der Waals surface area (Å²) in [6.07, 6.45) is 1.57. The first-order valence-electron chi connectivity index (χ1n) is 9.44. The highest BCUT2D eigenvalue weighted by molar-refractivity contribution is 6.35. The van der Waals surface area contributed by atoms with E-state index in [1.165, 1.54) is 7.11 Å². The molecule has 10 heteroatoms. The van der Waals surface area contributed by atoms with Crippen LogP contribution in [-0.2, 0) is 16.0 Å². The minimum absolute atomic E-state index is 0.132. The fourth-order valence-corrected chi connectivity index (χ4v) is 3.60. The molecule has 1 aromatic carbocycles. The van der Waals surface area contributed by atoms with Crippen LogP contribution in [0.1, 0.15) is 37.7 Å². The minimum atomic E-state index is -0.509. The van der Waals surface area contributed by atoms with E-state index in [2.05, 4.69) is 15.4 Å². The number of H-pyrrole nitrogens is 1. The summed E-state index contributed by atoms with van der Waals surface area (Å²) >= 11 is 12.2. The molecule has 164 valence electrons. The number of anilines is 1. The minimum Gasteiger partial charge on any atom is -0.460 e. The van der Waals surface area contributed by atoms with Crippen LogP contribution in [0.4, 0.5) is 5.82 Å². The van der Waals surface area contributed by atoms with Gasteiger partial charge in [-0.05, 0) is 37.1 Å². The number of halogens is 2. The van der Waals surface area contributed by atoms with Gasteiger partial charge < -0.3 is 19.8 Å². The first kappa shape index (κ1) is 22.9. The first-order valence-corrected chi connectivity index (χ1v) is 10.2. The molecule has 0 bridgehead atoms. The summed E-state index contributed by atoms with van der Waals surface area (Å²) in [5.74, 6) is -0.433. The monoisotopic (exact) mass is 464 g/mol. The molecule has 8 nitrogen and oxygen atoms in total. The van der Waals surface area contributed by atoms with Crippen LogP contribution in [-0.4, -0.2) is 47.0 Å². The van der Waals surface area contributed by atoms with Crippen LogP contribution in [0.15, 0.2) is 30.5 Å². The fourth-order valence-electron chi connectivity index (χ4n) is 3.13. The van der Waals surface area contributed by atoms with Gasteiger partial charge in [0.15, 0.2) is 0 Å². The number of carbonyl (C=O) groups is 2. The highest BCUT2D eigenvalue weighted by Gasteiger charge is 2.23. The molecule has 3 aromatic rings. The lowest BCUT2D eigenvalue weighted by atomic mass is 10.1. The molecule has 31 heavy (non-hydrogen) atoms. The van der Waals surface area contributed by atoms with Crippen molar-refractivity contribution < 1.29 is 19.1 Å². The van der Waals surface area contributed by atoms with E-state index in [-0.39, 0.29) is 12.3 Å². The van der Waals surface area contributed by atoms with E-state index in [9.17, 15) is 9.59 Å². The number of methoxy groups -OCH3 is 1. The molecule has 2 heterocycles. The third kappa shape index (κ3) is 5.28. The average molecular weight is 465 g/mol. The summed E-state index contributed by atoms with van der Waals surface area (Å²) in [7, 11) is 1.52. The van der Waals surface area contributed by atoms with Crippen molar-refractivity contribution in [1.29, 1.82) is 0 Å². The summed E-state index contributed by atoms with van der Waals surface area (Å²) in [6.45, 7) is 4.18. The number of nitrogens with one attached hydrogen (secondary N) is 2. The summed E-state index contributed by atoms with van der Waals surface area (Å²) in [5.41, 5.74) is 2.46. The smallest absolute Gasteiger partial charge is 0.340 e. The number of aromatic nitrogens is 3. The molecule has 0 fully saturated rings. The molecule has 0 saturated carbocycles. The SMILES string of the molecule is COCCOC(=O)c1c(C)[nH]c(C(=O)Nc2ccnn2Cc2ccc(Cl)cc2Cl)c1C. The molecule has 2 N–H and O–H groups in total. The highest BCUT2D eigenvalue weighted by Crippen LogP contribution is 2.24. The Kier molecular flexibility index (Phi) is 7.37. The van der Waals surface area contributed by atoms with Gasteiger partial charge in [0.25, 0.3) is 5.91 Å². The van der Waals surface area contributed by atoms with E-state index in [0.717, 1.165) is 5.56 Å². The quantitative estimate of drug-likeness (QED) is 0.383. The van der Waals surface area contributed by atoms with E-state index in [0.29, 0.717) is 45.8 Å². The van der Waals surface area contributed by atoms with E-state index < -0.39 is 11.9 Å². The standard InChI is InChI=1S/C21H22Cl2N4O4/c1-12-18(21(29)31-9-8-30-3)13(2)25-19(12)20(28)26-17-6-7-24-27(17)11-14-4-5-15(22)10-16(14)23/h4-7,10,25H,8-9,11H2,1-3H3,(H,26,28). The molecule has 0 aliphatic carbocycles. The molecule has 0 radical (unpaired) electrons. The zero-order chi connectivity index (χ0) is 22.5. The number of esters is 1. The fraction of sp³-hybridized carbons (Fsp3) is 0.286. The topological polar surface area (TPSA) is 98.2 Å². The number of ether oxygens (including phenoxy) is 2. The Morgan fingerprint density at radius 1 is 1.19 bits per heavy atom. The van der Waals surface area contributed by atoms with Crippen molar-refractivity contribution in [3.8, 4) is 0 Å². The van der Waals surface area contributed by atoms with Gasteiger partial charge in [-0.25, -0.2) is 9.48 Å². The maximum Gasteiger partial charge on any atom is 0.340 e. The molecule has 0 atom stereocenters. The van der Waals surface area contributed by atoms with Crippen molar-refractivity contribution in [2.75, 3.05) is 25.6 Å². The molecule has 2 aromatic heterocycles. The van der Waals surface area contributed by atoms with E-state index in [4.69, 9.17) is 32.7 Å². The molecule has 3 rings (SSSR count). The Morgan fingerprint density at radius 2 is 1.97 bits per heavy atom. The van der Waals surface area contributed by atoms with Crippen molar-refractivity contribution >= 4 is 40.9 Å². The predicted octanol–water partition coefficient (Wildman–Crippen LogP) is 4.24. The van der Waals surface area contributed by atoms with E-state index in [1.807, 2.05) is 0 Å². The maximum absolute atomic E-state index is 12.9. The Labute approximate surface area is 189 Å². The average Bonchev–Trinajstić information content (AvgIpc) is 3.27. The van der Waals surface area contributed by atoms with Gasteiger partial charge in [0, 0.05) is 28.9 Å². The van der Waals surface area contributed by atoms with Crippen molar-refractivity contribution in [3.05, 3.63) is 68.6 Å². The molecule has 1 amide bonds. The van der Waals surface area contributed by atoms with Crippen LogP contribution >= 0.6 is 23.2 Å². The molecular formula is C21H22Cl2N4O4. The summed E-state index contributed by atoms with van der Waals surface area (Å²) in [6, 6.07) is 6.87. The molecule has 0 saturated heterocycles. The predicted molar refractivity (Wildman–Crippen MR) is 118 cm³/mol. The number of aryl methyl sites for hydroxylation is 1. The van der Waals surface area contributed by atoms with Crippen LogP contribution < -0.4 is 5.32 Å². The first-order chi connectivity index (χ1) is 14.8. The Balaban J connectivity index is 1.76. The number of hydrogen-bond acceptors (Lipinski definition) is 5. The molecule has 0 aliphatic rings. The van der Waals surface area contributed by atoms with E-state index in [1.54, 1.807) is 49.0 Å². The van der Waals surface area contributed by atoms with Crippen LogP contribution in [0.2, 0.25) is 10.0 Å². The Hall–Kier alpha value is -2.81. The van der Waals surface area contributed by atoms with Gasteiger partial charge in [-0.1, -0.05) is 29.3 Å². The molecular weight excluding hydrogens is 443 g/mol. The van der Waals surface area contributed by atoms with Gasteiger partial charge in [-0.2, -0.15) is 5.10 Å². The number of amides is 1. The van der Waals surface area contributed by atoms with Gasteiger partial charge in [0.05, 0.1) is 24.9 Å². The number of hydrogen-bond donors (Lipinski definition) is 2. The third-order valence-electron chi connectivity index (χ3n) is 4.68. The van der Waals surface area contributed by atoms with E-state index >= 15 is 0 Å². The lowest BCUT2D eigenvalue weighted by Gasteiger charge is -2.10. The summed E-state index contributed by atoms with van der Waals surface area (Å²) < 4.78 is 11.7. The second-order valence-electron chi connectivity index (χ2n) is 6.82.